The van der Waals surface area contributed by atoms with Crippen molar-refractivity contribution in [2.45, 2.75) is 6.10 Å². The molecule has 22 heavy (non-hydrogen) atoms. The Morgan fingerprint density at radius 2 is 1.59 bits per heavy atom. The summed E-state index contributed by atoms with van der Waals surface area (Å²) in [4.78, 5) is 0. The molecular formula is C17H21NO4. The normalized spacial score (nSPS) is 11.9. The van der Waals surface area contributed by atoms with E-state index in [0.29, 0.717) is 25.4 Å². The third-order valence-corrected chi connectivity index (χ3v) is 2.95. The highest BCUT2D eigenvalue weighted by molar-refractivity contribution is 5.30. The first-order chi connectivity index (χ1) is 10.7. The molecule has 2 aromatic carbocycles. The summed E-state index contributed by atoms with van der Waals surface area (Å²) in [6.07, 6.45) is -0.606. The zero-order chi connectivity index (χ0) is 15.6. The molecule has 0 unspecified atom stereocenters. The molecule has 0 heterocycles. The minimum atomic E-state index is -0.606. The van der Waals surface area contributed by atoms with Crippen molar-refractivity contribution in [3.05, 3.63) is 54.6 Å². The van der Waals surface area contributed by atoms with Crippen LogP contribution >= 0.6 is 0 Å². The van der Waals surface area contributed by atoms with Crippen LogP contribution in [0.15, 0.2) is 54.6 Å². The quantitative estimate of drug-likeness (QED) is 0.616. The van der Waals surface area contributed by atoms with E-state index in [1.807, 2.05) is 30.3 Å². The van der Waals surface area contributed by atoms with E-state index in [1.54, 1.807) is 24.3 Å². The average molecular weight is 303 g/mol. The van der Waals surface area contributed by atoms with Gasteiger partial charge in [0.2, 0.25) is 0 Å². The van der Waals surface area contributed by atoms with Crippen molar-refractivity contribution in [2.24, 2.45) is 0 Å². The molecule has 0 saturated heterocycles. The Labute approximate surface area is 130 Å². The number of aliphatic hydroxyl groups excluding tert-OH is 1. The van der Waals surface area contributed by atoms with Crippen LogP contribution in [0.2, 0.25) is 0 Å². The van der Waals surface area contributed by atoms with Gasteiger partial charge in [-0.15, -0.1) is 0 Å². The third-order valence-electron chi connectivity index (χ3n) is 2.95. The largest absolute Gasteiger partial charge is 0.508 e. The summed E-state index contributed by atoms with van der Waals surface area (Å²) >= 11 is 0. The maximum atomic E-state index is 9.80. The van der Waals surface area contributed by atoms with Gasteiger partial charge in [-0.1, -0.05) is 18.2 Å². The second-order valence-electron chi connectivity index (χ2n) is 4.82. The van der Waals surface area contributed by atoms with Crippen LogP contribution in [-0.2, 0) is 0 Å². The first-order valence-corrected chi connectivity index (χ1v) is 7.22. The van der Waals surface area contributed by atoms with E-state index >= 15 is 0 Å². The predicted molar refractivity (Wildman–Crippen MR) is 84.4 cm³/mol. The van der Waals surface area contributed by atoms with Crippen molar-refractivity contribution in [1.82, 2.24) is 5.32 Å². The van der Waals surface area contributed by atoms with Gasteiger partial charge in [-0.2, -0.15) is 0 Å². The third kappa shape index (κ3) is 6.03. The van der Waals surface area contributed by atoms with Gasteiger partial charge >= 0.3 is 0 Å². The van der Waals surface area contributed by atoms with Crippen LogP contribution in [0.25, 0.3) is 0 Å². The van der Waals surface area contributed by atoms with Crippen molar-refractivity contribution in [3.63, 3.8) is 0 Å². The van der Waals surface area contributed by atoms with Gasteiger partial charge in [-0.25, -0.2) is 0 Å². The Balaban J connectivity index is 1.54. The standard InChI is InChI=1S/C17H21NO4/c19-14-6-8-17(9-7-14)22-13-15(20)12-18-10-11-21-16-4-2-1-3-5-16/h1-9,15,18-20H,10-13H2/t15-/m1/s1. The van der Waals surface area contributed by atoms with Gasteiger partial charge in [-0.3, -0.25) is 0 Å². The molecule has 2 rings (SSSR count). The van der Waals surface area contributed by atoms with E-state index in [0.717, 1.165) is 5.75 Å². The van der Waals surface area contributed by atoms with Crippen molar-refractivity contribution in [2.75, 3.05) is 26.3 Å². The highest BCUT2D eigenvalue weighted by Crippen LogP contribution is 2.15. The molecule has 1 atom stereocenters. The lowest BCUT2D eigenvalue weighted by atomic mass is 10.3. The molecule has 5 nitrogen and oxygen atoms in total. The molecular weight excluding hydrogens is 282 g/mol. The molecule has 0 aliphatic carbocycles. The highest BCUT2D eigenvalue weighted by atomic mass is 16.5. The number of benzene rings is 2. The number of aromatic hydroxyl groups is 1. The summed E-state index contributed by atoms with van der Waals surface area (Å²) in [6, 6.07) is 16.0. The predicted octanol–water partition coefficient (Wildman–Crippen LogP) is 1.80. The zero-order valence-electron chi connectivity index (χ0n) is 12.3. The maximum Gasteiger partial charge on any atom is 0.119 e. The van der Waals surface area contributed by atoms with Crippen molar-refractivity contribution in [3.8, 4) is 17.2 Å². The van der Waals surface area contributed by atoms with Crippen LogP contribution in [0.3, 0.4) is 0 Å². The van der Waals surface area contributed by atoms with E-state index in [9.17, 15) is 5.11 Å². The fraction of sp³-hybridized carbons (Fsp3) is 0.294. The van der Waals surface area contributed by atoms with Crippen LogP contribution < -0.4 is 14.8 Å². The first kappa shape index (κ1) is 16.1. The van der Waals surface area contributed by atoms with Crippen molar-refractivity contribution in [1.29, 1.82) is 0 Å². The second-order valence-corrected chi connectivity index (χ2v) is 4.82. The van der Waals surface area contributed by atoms with Gasteiger partial charge < -0.3 is 25.0 Å². The molecule has 0 aliphatic rings. The van der Waals surface area contributed by atoms with E-state index in [4.69, 9.17) is 14.6 Å². The van der Waals surface area contributed by atoms with Crippen LogP contribution in [-0.4, -0.2) is 42.6 Å². The number of aliphatic hydroxyl groups is 1. The van der Waals surface area contributed by atoms with E-state index in [1.165, 1.54) is 0 Å². The summed E-state index contributed by atoms with van der Waals surface area (Å²) in [7, 11) is 0. The van der Waals surface area contributed by atoms with Gasteiger partial charge in [0, 0.05) is 13.1 Å². The number of phenols is 1. The summed E-state index contributed by atoms with van der Waals surface area (Å²) in [5.41, 5.74) is 0. The Kier molecular flexibility index (Phi) is 6.54. The molecule has 0 radical (unpaired) electrons. The minimum absolute atomic E-state index is 0.188. The molecule has 118 valence electrons. The molecule has 0 aliphatic heterocycles. The van der Waals surface area contributed by atoms with Crippen LogP contribution in [0.5, 0.6) is 17.2 Å². The lowest BCUT2D eigenvalue weighted by Crippen LogP contribution is -2.33. The van der Waals surface area contributed by atoms with Crippen molar-refractivity contribution >= 4 is 0 Å². The van der Waals surface area contributed by atoms with Gasteiger partial charge in [0.05, 0.1) is 0 Å². The number of hydrogen-bond donors (Lipinski definition) is 3. The van der Waals surface area contributed by atoms with E-state index < -0.39 is 6.10 Å². The number of hydrogen-bond acceptors (Lipinski definition) is 5. The molecule has 0 bridgehead atoms. The monoisotopic (exact) mass is 303 g/mol. The lowest BCUT2D eigenvalue weighted by Gasteiger charge is -2.13. The van der Waals surface area contributed by atoms with E-state index in [-0.39, 0.29) is 12.4 Å². The summed E-state index contributed by atoms with van der Waals surface area (Å²) < 4.78 is 10.9. The number of para-hydroxylation sites is 1. The van der Waals surface area contributed by atoms with E-state index in [2.05, 4.69) is 5.32 Å². The number of phenolic OH excluding ortho intramolecular Hbond substituents is 1. The second kappa shape index (κ2) is 8.92. The van der Waals surface area contributed by atoms with Crippen LogP contribution in [0, 0.1) is 0 Å². The molecule has 5 heteroatoms. The number of nitrogens with one attached hydrogen (secondary N) is 1. The molecule has 0 spiro atoms. The minimum Gasteiger partial charge on any atom is -0.508 e. The molecule has 0 fully saturated rings. The van der Waals surface area contributed by atoms with Crippen molar-refractivity contribution < 1.29 is 19.7 Å². The zero-order valence-corrected chi connectivity index (χ0v) is 12.3. The summed E-state index contributed by atoms with van der Waals surface area (Å²) in [5.74, 6) is 1.64. The first-order valence-electron chi connectivity index (χ1n) is 7.22. The highest BCUT2D eigenvalue weighted by Gasteiger charge is 2.05. The Morgan fingerprint density at radius 3 is 2.32 bits per heavy atom. The molecule has 0 saturated carbocycles. The SMILES string of the molecule is Oc1ccc(OC[C@H](O)CNCCOc2ccccc2)cc1. The average Bonchev–Trinajstić information content (AvgIpc) is 2.55. The van der Waals surface area contributed by atoms with Gasteiger partial charge in [0.15, 0.2) is 0 Å². The van der Waals surface area contributed by atoms with Gasteiger partial charge in [-0.05, 0) is 36.4 Å². The summed E-state index contributed by atoms with van der Waals surface area (Å²) in [5, 5.41) is 22.1. The molecule has 0 amide bonds. The fourth-order valence-electron chi connectivity index (χ4n) is 1.82. The summed E-state index contributed by atoms with van der Waals surface area (Å²) in [6.45, 7) is 1.80. The Bertz CT molecular complexity index is 530. The van der Waals surface area contributed by atoms with Crippen LogP contribution in [0.1, 0.15) is 0 Å². The Morgan fingerprint density at radius 1 is 0.909 bits per heavy atom. The van der Waals surface area contributed by atoms with Crippen LogP contribution in [0.4, 0.5) is 0 Å². The Hall–Kier alpha value is -2.24. The fourth-order valence-corrected chi connectivity index (χ4v) is 1.82. The maximum absolute atomic E-state index is 9.80. The van der Waals surface area contributed by atoms with Gasteiger partial charge in [0.1, 0.15) is 36.6 Å². The number of ether oxygens (including phenoxy) is 2. The smallest absolute Gasteiger partial charge is 0.119 e. The topological polar surface area (TPSA) is 71.0 Å². The molecule has 0 aromatic heterocycles. The lowest BCUT2D eigenvalue weighted by molar-refractivity contribution is 0.105. The molecule has 2 aromatic rings. The number of rotatable bonds is 9. The molecule has 3 N–H and O–H groups in total. The van der Waals surface area contributed by atoms with Gasteiger partial charge in [0.25, 0.3) is 0 Å².